The Morgan fingerprint density at radius 1 is 1.30 bits per heavy atom. The quantitative estimate of drug-likeness (QED) is 0.786. The van der Waals surface area contributed by atoms with Crippen LogP contribution in [0.25, 0.3) is 0 Å². The Labute approximate surface area is 119 Å². The number of hydrogen-bond acceptors (Lipinski definition) is 4. The number of sulfonamides is 1. The van der Waals surface area contributed by atoms with Gasteiger partial charge in [0.25, 0.3) is 0 Å². The van der Waals surface area contributed by atoms with Gasteiger partial charge in [0.15, 0.2) is 0 Å². The molecule has 1 aliphatic rings. The molecular formula is C13H19N3O3S. The molecule has 1 aliphatic heterocycles. The van der Waals surface area contributed by atoms with E-state index in [0.29, 0.717) is 12.1 Å². The van der Waals surface area contributed by atoms with E-state index in [4.69, 9.17) is 0 Å². The van der Waals surface area contributed by atoms with Crippen LogP contribution in [0.1, 0.15) is 27.2 Å². The van der Waals surface area contributed by atoms with Crippen molar-refractivity contribution >= 4 is 27.3 Å². The third-order valence-corrected chi connectivity index (χ3v) is 4.66. The Balaban J connectivity index is 2.34. The minimum atomic E-state index is -3.56. The van der Waals surface area contributed by atoms with Crippen molar-refractivity contribution in [2.24, 2.45) is 0 Å². The van der Waals surface area contributed by atoms with Crippen LogP contribution in [0.4, 0.5) is 11.4 Å². The number of carbonyl (C=O) groups excluding carboxylic acids is 1. The molecule has 7 heteroatoms. The molecule has 1 unspecified atom stereocenters. The largest absolute Gasteiger partial charge is 0.372 e. The molecule has 3 N–H and O–H groups in total. The second-order valence-corrected chi connectivity index (χ2v) is 6.79. The van der Waals surface area contributed by atoms with Crippen LogP contribution in [0.5, 0.6) is 0 Å². The second-order valence-electron chi connectivity index (χ2n) is 5.08. The van der Waals surface area contributed by atoms with E-state index in [2.05, 4.69) is 15.4 Å². The summed E-state index contributed by atoms with van der Waals surface area (Å²) < 4.78 is 26.7. The van der Waals surface area contributed by atoms with E-state index < -0.39 is 10.0 Å². The molecule has 6 nitrogen and oxygen atoms in total. The predicted octanol–water partition coefficient (Wildman–Crippen LogP) is 1.52. The lowest BCUT2D eigenvalue weighted by Gasteiger charge is -2.26. The van der Waals surface area contributed by atoms with Gasteiger partial charge in [-0.3, -0.25) is 4.79 Å². The van der Waals surface area contributed by atoms with Crippen molar-refractivity contribution in [2.45, 2.75) is 44.2 Å². The first-order valence-corrected chi connectivity index (χ1v) is 8.05. The first-order valence-electron chi connectivity index (χ1n) is 6.57. The maximum atomic E-state index is 12.1. The van der Waals surface area contributed by atoms with Crippen molar-refractivity contribution in [1.29, 1.82) is 0 Å². The lowest BCUT2D eigenvalue weighted by Crippen LogP contribution is -2.38. The summed E-state index contributed by atoms with van der Waals surface area (Å²) in [5.41, 5.74) is 1.23. The van der Waals surface area contributed by atoms with Crippen LogP contribution in [0, 0.1) is 0 Å². The molecule has 1 amide bonds. The van der Waals surface area contributed by atoms with Gasteiger partial charge in [0.2, 0.25) is 15.9 Å². The number of benzene rings is 1. The van der Waals surface area contributed by atoms with Gasteiger partial charge in [0.05, 0.1) is 16.3 Å². The lowest BCUT2D eigenvalue weighted by atomic mass is 10.1. The maximum Gasteiger partial charge on any atom is 0.246 e. The fourth-order valence-electron chi connectivity index (χ4n) is 2.06. The molecule has 1 aromatic carbocycles. The lowest BCUT2D eigenvalue weighted by molar-refractivity contribution is -0.117. The van der Waals surface area contributed by atoms with Gasteiger partial charge in [-0.1, -0.05) is 6.92 Å². The van der Waals surface area contributed by atoms with E-state index in [0.717, 1.165) is 5.69 Å². The van der Waals surface area contributed by atoms with Gasteiger partial charge >= 0.3 is 0 Å². The van der Waals surface area contributed by atoms with Crippen LogP contribution in [0.15, 0.2) is 23.1 Å². The molecule has 2 rings (SSSR count). The average molecular weight is 297 g/mol. The summed E-state index contributed by atoms with van der Waals surface area (Å²) in [6, 6.07) is 4.20. The molecule has 110 valence electrons. The number of anilines is 2. The number of nitrogens with one attached hydrogen (secondary N) is 3. The number of hydrogen-bond donors (Lipinski definition) is 3. The summed E-state index contributed by atoms with van der Waals surface area (Å²) in [6.07, 6.45) is 0.667. The van der Waals surface area contributed by atoms with Crippen molar-refractivity contribution < 1.29 is 13.2 Å². The zero-order valence-electron chi connectivity index (χ0n) is 11.7. The van der Waals surface area contributed by atoms with E-state index in [1.54, 1.807) is 19.9 Å². The average Bonchev–Trinajstić information content (AvgIpc) is 2.35. The Bertz CT molecular complexity index is 626. The second kappa shape index (κ2) is 5.41. The van der Waals surface area contributed by atoms with Gasteiger partial charge < -0.3 is 10.6 Å². The zero-order chi connectivity index (χ0) is 14.9. The van der Waals surface area contributed by atoms with Crippen LogP contribution < -0.4 is 15.4 Å². The van der Waals surface area contributed by atoms with Crippen molar-refractivity contribution in [3.8, 4) is 0 Å². The summed E-state index contributed by atoms with van der Waals surface area (Å²) in [5.74, 6) is -0.147. The monoisotopic (exact) mass is 297 g/mol. The molecule has 0 fully saturated rings. The fraction of sp³-hybridized carbons (Fsp3) is 0.462. The third kappa shape index (κ3) is 2.94. The standard InChI is InChI=1S/C13H19N3O3S/c1-4-10-13(17)15-12-7-9(5-6-11(12)14-10)20(18,19)16-8(2)3/h5-8,10,14,16H,4H2,1-3H3,(H,15,17). The van der Waals surface area contributed by atoms with Crippen molar-refractivity contribution in [3.05, 3.63) is 18.2 Å². The minimum absolute atomic E-state index is 0.141. The SMILES string of the molecule is CCC1Nc2ccc(S(=O)(=O)NC(C)C)cc2NC1=O. The highest BCUT2D eigenvalue weighted by Crippen LogP contribution is 2.30. The molecule has 20 heavy (non-hydrogen) atoms. The van der Waals surface area contributed by atoms with Crippen molar-refractivity contribution in [2.75, 3.05) is 10.6 Å². The van der Waals surface area contributed by atoms with Crippen LogP contribution in [-0.4, -0.2) is 26.4 Å². The van der Waals surface area contributed by atoms with Gasteiger partial charge in [0, 0.05) is 6.04 Å². The van der Waals surface area contributed by atoms with Crippen LogP contribution in [-0.2, 0) is 14.8 Å². The van der Waals surface area contributed by atoms with E-state index in [9.17, 15) is 13.2 Å². The third-order valence-electron chi connectivity index (χ3n) is 3.00. The first kappa shape index (κ1) is 14.8. The summed E-state index contributed by atoms with van der Waals surface area (Å²) in [6.45, 7) is 5.42. The Morgan fingerprint density at radius 2 is 2.00 bits per heavy atom. The van der Waals surface area contributed by atoms with E-state index in [1.807, 2.05) is 6.92 Å². The highest BCUT2D eigenvalue weighted by Gasteiger charge is 2.25. The topological polar surface area (TPSA) is 87.3 Å². The van der Waals surface area contributed by atoms with E-state index in [1.165, 1.54) is 12.1 Å². The summed E-state index contributed by atoms with van der Waals surface area (Å²) >= 11 is 0. The summed E-state index contributed by atoms with van der Waals surface area (Å²) in [5, 5.41) is 5.82. The predicted molar refractivity (Wildman–Crippen MR) is 78.2 cm³/mol. The smallest absolute Gasteiger partial charge is 0.246 e. The molecule has 0 aromatic heterocycles. The number of amides is 1. The molecule has 0 aliphatic carbocycles. The van der Waals surface area contributed by atoms with Crippen molar-refractivity contribution in [3.63, 3.8) is 0 Å². The molecular weight excluding hydrogens is 278 g/mol. The van der Waals surface area contributed by atoms with Crippen LogP contribution >= 0.6 is 0 Å². The van der Waals surface area contributed by atoms with Crippen molar-refractivity contribution in [1.82, 2.24) is 4.72 Å². The molecule has 1 heterocycles. The highest BCUT2D eigenvalue weighted by atomic mass is 32.2. The molecule has 0 bridgehead atoms. The number of carbonyl (C=O) groups is 1. The van der Waals surface area contributed by atoms with Gasteiger partial charge in [-0.05, 0) is 38.5 Å². The van der Waals surface area contributed by atoms with Crippen LogP contribution in [0.2, 0.25) is 0 Å². The van der Waals surface area contributed by atoms with E-state index in [-0.39, 0.29) is 22.9 Å². The Kier molecular flexibility index (Phi) is 4.01. The zero-order valence-corrected chi connectivity index (χ0v) is 12.5. The Hall–Kier alpha value is -1.60. The first-order chi connectivity index (χ1) is 9.33. The van der Waals surface area contributed by atoms with Gasteiger partial charge in [-0.25, -0.2) is 13.1 Å². The summed E-state index contributed by atoms with van der Waals surface area (Å²) in [7, 11) is -3.56. The molecule has 1 aromatic rings. The highest BCUT2D eigenvalue weighted by molar-refractivity contribution is 7.89. The molecule has 0 saturated heterocycles. The fourth-order valence-corrected chi connectivity index (χ4v) is 3.34. The van der Waals surface area contributed by atoms with Gasteiger partial charge in [-0.15, -0.1) is 0 Å². The minimum Gasteiger partial charge on any atom is -0.372 e. The maximum absolute atomic E-state index is 12.1. The molecule has 0 radical (unpaired) electrons. The molecule has 0 spiro atoms. The van der Waals surface area contributed by atoms with E-state index >= 15 is 0 Å². The van der Waals surface area contributed by atoms with Gasteiger partial charge in [0.1, 0.15) is 6.04 Å². The van der Waals surface area contributed by atoms with Crippen LogP contribution in [0.3, 0.4) is 0 Å². The Morgan fingerprint density at radius 3 is 2.60 bits per heavy atom. The van der Waals surface area contributed by atoms with Gasteiger partial charge in [-0.2, -0.15) is 0 Å². The normalized spacial score (nSPS) is 18.4. The summed E-state index contributed by atoms with van der Waals surface area (Å²) in [4.78, 5) is 11.9. The number of rotatable bonds is 4. The number of fused-ring (bicyclic) bond motifs is 1. The molecule has 0 saturated carbocycles. The molecule has 1 atom stereocenters.